The van der Waals surface area contributed by atoms with Crippen LogP contribution in [0, 0.1) is 5.92 Å². The van der Waals surface area contributed by atoms with Crippen molar-refractivity contribution >= 4 is 11.6 Å². The average Bonchev–Trinajstić information content (AvgIpc) is 2.48. The number of rotatable bonds is 9. The zero-order valence-electron chi connectivity index (χ0n) is 13.1. The van der Waals surface area contributed by atoms with E-state index in [2.05, 4.69) is 24.5 Å². The highest BCUT2D eigenvalue weighted by molar-refractivity contribution is 5.92. The van der Waals surface area contributed by atoms with Crippen LogP contribution in [0.3, 0.4) is 0 Å². The van der Waals surface area contributed by atoms with Crippen molar-refractivity contribution in [3.8, 4) is 5.75 Å². The largest absolute Gasteiger partial charge is 0.497 e. The van der Waals surface area contributed by atoms with Crippen molar-refractivity contribution in [3.63, 3.8) is 0 Å². The standard InChI is InChI=1S/C16H26N2O3/c1-4-12(5-2)15(19)10-17-11-16(20)18-13-7-6-8-14(9-13)21-3/h6-9,12,15,17,19H,4-5,10-11H2,1-3H3,(H,18,20). The predicted molar refractivity (Wildman–Crippen MR) is 84.6 cm³/mol. The number of carbonyl (C=O) groups is 1. The third-order valence-corrected chi connectivity index (χ3v) is 3.59. The second-order valence-electron chi connectivity index (χ2n) is 5.05. The number of benzene rings is 1. The SMILES string of the molecule is CCC(CC)C(O)CNCC(=O)Nc1cccc(OC)c1. The molecule has 21 heavy (non-hydrogen) atoms. The number of aliphatic hydroxyl groups excluding tert-OH is 1. The highest BCUT2D eigenvalue weighted by Gasteiger charge is 2.15. The molecule has 1 rings (SSSR count). The van der Waals surface area contributed by atoms with E-state index >= 15 is 0 Å². The minimum absolute atomic E-state index is 0.139. The van der Waals surface area contributed by atoms with Crippen LogP contribution in [0.4, 0.5) is 5.69 Å². The van der Waals surface area contributed by atoms with Crippen LogP contribution in [0.15, 0.2) is 24.3 Å². The number of carbonyl (C=O) groups excluding carboxylic acids is 1. The Morgan fingerprint density at radius 3 is 2.67 bits per heavy atom. The van der Waals surface area contributed by atoms with Gasteiger partial charge >= 0.3 is 0 Å². The van der Waals surface area contributed by atoms with Gasteiger partial charge in [0.15, 0.2) is 0 Å². The summed E-state index contributed by atoms with van der Waals surface area (Å²) in [6.45, 7) is 4.73. The van der Waals surface area contributed by atoms with Gasteiger partial charge in [-0.25, -0.2) is 0 Å². The maximum atomic E-state index is 11.8. The molecule has 0 aromatic heterocycles. The van der Waals surface area contributed by atoms with Gasteiger partial charge in [0, 0.05) is 18.3 Å². The van der Waals surface area contributed by atoms with Crippen LogP contribution < -0.4 is 15.4 Å². The summed E-state index contributed by atoms with van der Waals surface area (Å²) in [5.41, 5.74) is 0.696. The average molecular weight is 294 g/mol. The van der Waals surface area contributed by atoms with E-state index in [0.717, 1.165) is 12.8 Å². The number of hydrogen-bond donors (Lipinski definition) is 3. The Hall–Kier alpha value is -1.59. The van der Waals surface area contributed by atoms with Crippen molar-refractivity contribution in [2.45, 2.75) is 32.8 Å². The molecule has 0 aliphatic rings. The molecule has 0 saturated carbocycles. The van der Waals surface area contributed by atoms with Crippen LogP contribution in [0.1, 0.15) is 26.7 Å². The van der Waals surface area contributed by atoms with E-state index in [-0.39, 0.29) is 18.4 Å². The number of nitrogens with one attached hydrogen (secondary N) is 2. The van der Waals surface area contributed by atoms with Crippen molar-refractivity contribution in [1.29, 1.82) is 0 Å². The highest BCUT2D eigenvalue weighted by atomic mass is 16.5. The van der Waals surface area contributed by atoms with Gasteiger partial charge < -0.3 is 20.5 Å². The lowest BCUT2D eigenvalue weighted by Gasteiger charge is -2.20. The lowest BCUT2D eigenvalue weighted by atomic mass is 9.97. The topological polar surface area (TPSA) is 70.6 Å². The van der Waals surface area contributed by atoms with Crippen LogP contribution >= 0.6 is 0 Å². The van der Waals surface area contributed by atoms with Gasteiger partial charge in [-0.1, -0.05) is 32.8 Å². The molecular formula is C16H26N2O3. The number of aliphatic hydroxyl groups is 1. The molecule has 5 heteroatoms. The van der Waals surface area contributed by atoms with E-state index in [4.69, 9.17) is 4.74 Å². The fraction of sp³-hybridized carbons (Fsp3) is 0.562. The Morgan fingerprint density at radius 1 is 1.33 bits per heavy atom. The Balaban J connectivity index is 2.34. The normalized spacial score (nSPS) is 12.2. The van der Waals surface area contributed by atoms with Crippen molar-refractivity contribution in [2.75, 3.05) is 25.5 Å². The zero-order valence-corrected chi connectivity index (χ0v) is 13.1. The lowest BCUT2D eigenvalue weighted by Crippen LogP contribution is -2.36. The number of amides is 1. The smallest absolute Gasteiger partial charge is 0.238 e. The molecule has 1 aromatic rings. The zero-order chi connectivity index (χ0) is 15.7. The van der Waals surface area contributed by atoms with Crippen molar-refractivity contribution < 1.29 is 14.6 Å². The fourth-order valence-corrected chi connectivity index (χ4v) is 2.24. The van der Waals surface area contributed by atoms with E-state index < -0.39 is 6.10 Å². The van der Waals surface area contributed by atoms with E-state index in [1.165, 1.54) is 0 Å². The number of methoxy groups -OCH3 is 1. The molecule has 1 aromatic carbocycles. The Bertz CT molecular complexity index is 433. The summed E-state index contributed by atoms with van der Waals surface area (Å²) >= 11 is 0. The van der Waals surface area contributed by atoms with E-state index in [1.54, 1.807) is 19.2 Å². The van der Waals surface area contributed by atoms with Gasteiger partial charge in [0.25, 0.3) is 0 Å². The van der Waals surface area contributed by atoms with Crippen molar-refractivity contribution in [3.05, 3.63) is 24.3 Å². The molecule has 0 fully saturated rings. The molecule has 3 N–H and O–H groups in total. The maximum Gasteiger partial charge on any atom is 0.238 e. The Labute approximate surface area is 126 Å². The summed E-state index contributed by atoms with van der Waals surface area (Å²) in [5.74, 6) is 0.837. The predicted octanol–water partition coefficient (Wildman–Crippen LogP) is 2.02. The summed E-state index contributed by atoms with van der Waals surface area (Å²) in [6.07, 6.45) is 1.47. The molecular weight excluding hydrogens is 268 g/mol. The summed E-state index contributed by atoms with van der Waals surface area (Å²) in [5, 5.41) is 15.7. The second-order valence-corrected chi connectivity index (χ2v) is 5.05. The number of hydrogen-bond acceptors (Lipinski definition) is 4. The molecule has 0 heterocycles. The Kier molecular flexibility index (Phi) is 7.79. The molecule has 0 saturated heterocycles. The lowest BCUT2D eigenvalue weighted by molar-refractivity contribution is -0.115. The first-order valence-electron chi connectivity index (χ1n) is 7.43. The van der Waals surface area contributed by atoms with Gasteiger partial charge in [0.05, 0.1) is 19.8 Å². The fourth-order valence-electron chi connectivity index (χ4n) is 2.24. The molecule has 0 bridgehead atoms. The monoisotopic (exact) mass is 294 g/mol. The minimum Gasteiger partial charge on any atom is -0.497 e. The Morgan fingerprint density at radius 2 is 2.05 bits per heavy atom. The molecule has 0 radical (unpaired) electrons. The van der Waals surface area contributed by atoms with Crippen molar-refractivity contribution in [2.24, 2.45) is 5.92 Å². The molecule has 1 amide bonds. The van der Waals surface area contributed by atoms with Gasteiger partial charge in [0.2, 0.25) is 5.91 Å². The third-order valence-electron chi connectivity index (χ3n) is 3.59. The first kappa shape index (κ1) is 17.5. The van der Waals surface area contributed by atoms with E-state index in [0.29, 0.717) is 18.0 Å². The van der Waals surface area contributed by atoms with Gasteiger partial charge in [-0.3, -0.25) is 4.79 Å². The number of ether oxygens (including phenoxy) is 1. The molecule has 0 aliphatic heterocycles. The third kappa shape index (κ3) is 6.14. The maximum absolute atomic E-state index is 11.8. The summed E-state index contributed by atoms with van der Waals surface area (Å²) in [6, 6.07) is 7.20. The molecule has 0 aliphatic carbocycles. The van der Waals surface area contributed by atoms with E-state index in [9.17, 15) is 9.90 Å². The quantitative estimate of drug-likeness (QED) is 0.651. The molecule has 0 spiro atoms. The first-order valence-corrected chi connectivity index (χ1v) is 7.43. The second kappa shape index (κ2) is 9.37. The van der Waals surface area contributed by atoms with Crippen LogP contribution in [-0.2, 0) is 4.79 Å². The summed E-state index contributed by atoms with van der Waals surface area (Å²) < 4.78 is 5.10. The van der Waals surface area contributed by atoms with Crippen LogP contribution in [0.2, 0.25) is 0 Å². The van der Waals surface area contributed by atoms with E-state index in [1.807, 2.05) is 12.1 Å². The first-order chi connectivity index (χ1) is 10.1. The minimum atomic E-state index is -0.412. The van der Waals surface area contributed by atoms with Crippen LogP contribution in [0.5, 0.6) is 5.75 Å². The van der Waals surface area contributed by atoms with Gasteiger partial charge in [0.1, 0.15) is 5.75 Å². The highest BCUT2D eigenvalue weighted by Crippen LogP contribution is 2.16. The summed E-state index contributed by atoms with van der Waals surface area (Å²) in [7, 11) is 1.59. The van der Waals surface area contributed by atoms with Crippen LogP contribution in [0.25, 0.3) is 0 Å². The van der Waals surface area contributed by atoms with Gasteiger partial charge in [-0.05, 0) is 18.1 Å². The number of anilines is 1. The molecule has 118 valence electrons. The summed E-state index contributed by atoms with van der Waals surface area (Å²) in [4.78, 5) is 11.8. The molecule has 5 nitrogen and oxygen atoms in total. The van der Waals surface area contributed by atoms with Gasteiger partial charge in [-0.2, -0.15) is 0 Å². The van der Waals surface area contributed by atoms with Crippen molar-refractivity contribution in [1.82, 2.24) is 5.32 Å². The molecule has 1 unspecified atom stereocenters. The van der Waals surface area contributed by atoms with Gasteiger partial charge in [-0.15, -0.1) is 0 Å². The molecule has 1 atom stereocenters. The van der Waals surface area contributed by atoms with Crippen LogP contribution in [-0.4, -0.2) is 37.3 Å².